The maximum absolute atomic E-state index is 8.99. The summed E-state index contributed by atoms with van der Waals surface area (Å²) in [6, 6.07) is 4.13. The van der Waals surface area contributed by atoms with E-state index in [0.717, 1.165) is 13.0 Å². The molecule has 0 aliphatic heterocycles. The Balaban J connectivity index is 0.00000225. The Morgan fingerprint density at radius 1 is 1.69 bits per heavy atom. The van der Waals surface area contributed by atoms with Gasteiger partial charge in [-0.05, 0) is 24.8 Å². The van der Waals surface area contributed by atoms with Gasteiger partial charge < -0.3 is 16.2 Å². The fraction of sp³-hybridized carbons (Fsp3) is 0.500. The van der Waals surface area contributed by atoms with Crippen molar-refractivity contribution in [3.8, 4) is 0 Å². The van der Waals surface area contributed by atoms with Crippen LogP contribution in [-0.2, 0) is 6.42 Å². The first-order chi connectivity index (χ1) is 7.18. The topological polar surface area (TPSA) is 70.6 Å². The summed E-state index contributed by atoms with van der Waals surface area (Å²) in [6.45, 7) is 2.80. The summed E-state index contributed by atoms with van der Waals surface area (Å²) in [5.41, 5.74) is 5.59. The average molecular weight is 355 g/mol. The second-order valence-electron chi connectivity index (χ2n) is 3.33. The average Bonchev–Trinajstić information content (AvgIpc) is 2.67. The van der Waals surface area contributed by atoms with Crippen molar-refractivity contribution >= 4 is 41.3 Å². The monoisotopic (exact) mass is 355 g/mol. The van der Waals surface area contributed by atoms with Gasteiger partial charge in [0.05, 0.1) is 12.6 Å². The van der Waals surface area contributed by atoms with Crippen LogP contribution in [-0.4, -0.2) is 30.3 Å². The molecule has 0 radical (unpaired) electrons. The molecule has 4 nitrogen and oxygen atoms in total. The Hall–Kier alpha value is -0.340. The molecule has 1 aromatic rings. The molecule has 0 aliphatic rings. The highest BCUT2D eigenvalue weighted by Crippen LogP contribution is 2.07. The molecule has 1 atom stereocenters. The third-order valence-electron chi connectivity index (χ3n) is 1.78. The van der Waals surface area contributed by atoms with Gasteiger partial charge in [0.25, 0.3) is 0 Å². The molecule has 0 fully saturated rings. The zero-order valence-corrected chi connectivity index (χ0v) is 12.4. The minimum Gasteiger partial charge on any atom is -0.391 e. The molecule has 4 N–H and O–H groups in total. The van der Waals surface area contributed by atoms with Gasteiger partial charge in [0, 0.05) is 11.4 Å². The molecule has 0 aromatic carbocycles. The van der Waals surface area contributed by atoms with E-state index >= 15 is 0 Å². The highest BCUT2D eigenvalue weighted by atomic mass is 127. The lowest BCUT2D eigenvalue weighted by Gasteiger charge is -2.05. The van der Waals surface area contributed by atoms with Gasteiger partial charge in [0.2, 0.25) is 0 Å². The maximum Gasteiger partial charge on any atom is 0.188 e. The van der Waals surface area contributed by atoms with Crippen LogP contribution in [0.1, 0.15) is 11.8 Å². The number of hydrogen-bond acceptors (Lipinski definition) is 3. The summed E-state index contributed by atoms with van der Waals surface area (Å²) in [4.78, 5) is 5.30. The van der Waals surface area contributed by atoms with E-state index in [1.807, 2.05) is 6.07 Å². The zero-order chi connectivity index (χ0) is 11.1. The van der Waals surface area contributed by atoms with Gasteiger partial charge in [-0.2, -0.15) is 0 Å². The Labute approximate surface area is 117 Å². The Kier molecular flexibility index (Phi) is 8.58. The SMILES string of the molecule is CC(O)CN=C(N)NCCc1cccs1.I. The minimum atomic E-state index is -0.442. The number of thiophene rings is 1. The van der Waals surface area contributed by atoms with Crippen molar-refractivity contribution in [3.63, 3.8) is 0 Å². The smallest absolute Gasteiger partial charge is 0.188 e. The highest BCUT2D eigenvalue weighted by Gasteiger charge is 1.96. The third kappa shape index (κ3) is 7.02. The first-order valence-electron chi connectivity index (χ1n) is 4.92. The number of nitrogens with two attached hydrogens (primary N) is 1. The summed E-state index contributed by atoms with van der Waals surface area (Å²) in [5, 5.41) is 14.0. The molecule has 0 aliphatic carbocycles. The number of nitrogens with zero attached hydrogens (tertiary/aromatic N) is 1. The maximum atomic E-state index is 8.99. The molecule has 6 heteroatoms. The molecular formula is C10H18IN3OS. The summed E-state index contributed by atoms with van der Waals surface area (Å²) in [5.74, 6) is 0.396. The first-order valence-corrected chi connectivity index (χ1v) is 5.80. The Bertz CT molecular complexity index is 301. The van der Waals surface area contributed by atoms with E-state index in [-0.39, 0.29) is 24.0 Å². The van der Waals surface area contributed by atoms with Crippen LogP contribution < -0.4 is 11.1 Å². The van der Waals surface area contributed by atoms with Crippen LogP contribution in [0.15, 0.2) is 22.5 Å². The first kappa shape index (κ1) is 15.7. The van der Waals surface area contributed by atoms with Gasteiger partial charge >= 0.3 is 0 Å². The van der Waals surface area contributed by atoms with E-state index in [4.69, 9.17) is 10.8 Å². The van der Waals surface area contributed by atoms with Crippen LogP contribution in [0.4, 0.5) is 0 Å². The second kappa shape index (κ2) is 8.77. The second-order valence-corrected chi connectivity index (χ2v) is 4.36. The summed E-state index contributed by atoms with van der Waals surface area (Å²) in [6.07, 6.45) is 0.505. The van der Waals surface area contributed by atoms with Gasteiger partial charge in [0.1, 0.15) is 0 Å². The van der Waals surface area contributed by atoms with Crippen molar-refractivity contribution in [2.45, 2.75) is 19.4 Å². The third-order valence-corrected chi connectivity index (χ3v) is 2.72. The Morgan fingerprint density at radius 3 is 3.00 bits per heavy atom. The normalized spacial score (nSPS) is 13.0. The molecule has 0 saturated carbocycles. The van der Waals surface area contributed by atoms with E-state index < -0.39 is 6.10 Å². The van der Waals surface area contributed by atoms with Gasteiger partial charge in [-0.1, -0.05) is 6.07 Å². The zero-order valence-electron chi connectivity index (χ0n) is 9.22. The van der Waals surface area contributed by atoms with Crippen molar-refractivity contribution in [1.82, 2.24) is 5.32 Å². The lowest BCUT2D eigenvalue weighted by atomic mass is 10.3. The van der Waals surface area contributed by atoms with Crippen LogP contribution in [0, 0.1) is 0 Å². The molecule has 16 heavy (non-hydrogen) atoms. The molecule has 1 aromatic heterocycles. The summed E-state index contributed by atoms with van der Waals surface area (Å²) >= 11 is 1.73. The van der Waals surface area contributed by atoms with E-state index in [1.54, 1.807) is 18.3 Å². The molecule has 1 rings (SSSR count). The van der Waals surface area contributed by atoms with Crippen LogP contribution >= 0.6 is 35.3 Å². The number of halogens is 1. The number of aliphatic hydroxyl groups is 1. The van der Waals surface area contributed by atoms with E-state index in [0.29, 0.717) is 12.5 Å². The fourth-order valence-electron chi connectivity index (χ4n) is 1.05. The van der Waals surface area contributed by atoms with Crippen molar-refractivity contribution in [1.29, 1.82) is 0 Å². The Morgan fingerprint density at radius 2 is 2.44 bits per heavy atom. The molecule has 92 valence electrons. The molecule has 1 unspecified atom stereocenters. The number of aliphatic hydroxyl groups excluding tert-OH is 1. The number of nitrogens with one attached hydrogen (secondary N) is 1. The van der Waals surface area contributed by atoms with Gasteiger partial charge in [0.15, 0.2) is 5.96 Å². The number of rotatable bonds is 5. The van der Waals surface area contributed by atoms with E-state index in [1.165, 1.54) is 4.88 Å². The molecule has 0 bridgehead atoms. The van der Waals surface area contributed by atoms with Crippen LogP contribution in [0.2, 0.25) is 0 Å². The van der Waals surface area contributed by atoms with Crippen LogP contribution in [0.3, 0.4) is 0 Å². The van der Waals surface area contributed by atoms with E-state index in [2.05, 4.69) is 21.8 Å². The summed E-state index contributed by atoms with van der Waals surface area (Å²) < 4.78 is 0. The quantitative estimate of drug-likeness (QED) is 0.422. The number of aliphatic imine (C=N–C) groups is 1. The fourth-order valence-corrected chi connectivity index (χ4v) is 1.76. The van der Waals surface area contributed by atoms with Crippen LogP contribution in [0.25, 0.3) is 0 Å². The number of hydrogen-bond donors (Lipinski definition) is 3. The minimum absolute atomic E-state index is 0. The lowest BCUT2D eigenvalue weighted by molar-refractivity contribution is 0.204. The lowest BCUT2D eigenvalue weighted by Crippen LogP contribution is -2.33. The van der Waals surface area contributed by atoms with Crippen LogP contribution in [0.5, 0.6) is 0 Å². The number of guanidine groups is 1. The van der Waals surface area contributed by atoms with Gasteiger partial charge in [-0.15, -0.1) is 35.3 Å². The summed E-state index contributed by atoms with van der Waals surface area (Å²) in [7, 11) is 0. The molecule has 0 spiro atoms. The van der Waals surface area contributed by atoms with Gasteiger partial charge in [-0.25, -0.2) is 0 Å². The molecule has 1 heterocycles. The molecule has 0 saturated heterocycles. The standard InChI is InChI=1S/C10H17N3OS.HI/c1-8(14)7-13-10(11)12-5-4-9-3-2-6-15-9;/h2-3,6,8,14H,4-5,7H2,1H3,(H3,11,12,13);1H. The molecular weight excluding hydrogens is 337 g/mol. The predicted octanol–water partition coefficient (Wildman–Crippen LogP) is 1.19. The van der Waals surface area contributed by atoms with Crippen molar-refractivity contribution < 1.29 is 5.11 Å². The van der Waals surface area contributed by atoms with Crippen molar-refractivity contribution in [2.24, 2.45) is 10.7 Å². The van der Waals surface area contributed by atoms with Gasteiger partial charge in [-0.3, -0.25) is 4.99 Å². The largest absolute Gasteiger partial charge is 0.391 e. The highest BCUT2D eigenvalue weighted by molar-refractivity contribution is 14.0. The van der Waals surface area contributed by atoms with Crippen molar-refractivity contribution in [3.05, 3.63) is 22.4 Å². The van der Waals surface area contributed by atoms with E-state index in [9.17, 15) is 0 Å². The van der Waals surface area contributed by atoms with Crippen molar-refractivity contribution in [2.75, 3.05) is 13.1 Å². The molecule has 0 amide bonds. The predicted molar refractivity (Wildman–Crippen MR) is 79.6 cm³/mol.